The highest BCUT2D eigenvalue weighted by molar-refractivity contribution is 7.93. The van der Waals surface area contributed by atoms with Crippen LogP contribution in [-0.4, -0.2) is 20.8 Å². The van der Waals surface area contributed by atoms with E-state index in [1.807, 2.05) is 0 Å². The van der Waals surface area contributed by atoms with Crippen molar-refractivity contribution in [2.45, 2.75) is 19.1 Å². The van der Waals surface area contributed by atoms with Crippen molar-refractivity contribution in [3.63, 3.8) is 0 Å². The quantitative estimate of drug-likeness (QED) is 0.908. The fourth-order valence-corrected chi connectivity index (χ4v) is 1.96. The van der Waals surface area contributed by atoms with E-state index in [0.29, 0.717) is 16.5 Å². The van der Waals surface area contributed by atoms with Crippen molar-refractivity contribution in [2.75, 3.05) is 11.8 Å². The molecule has 0 aliphatic carbocycles. The van der Waals surface area contributed by atoms with E-state index < -0.39 is 15.3 Å². The average molecular weight is 264 g/mol. The van der Waals surface area contributed by atoms with Crippen LogP contribution in [0.5, 0.6) is 5.75 Å². The molecule has 0 aliphatic heterocycles. The number of ether oxygens (including phenoxy) is 1. The highest BCUT2D eigenvalue weighted by atomic mass is 35.5. The Balaban J connectivity index is 2.96. The van der Waals surface area contributed by atoms with Crippen LogP contribution in [0.15, 0.2) is 18.2 Å². The van der Waals surface area contributed by atoms with Crippen LogP contribution in [0.2, 0.25) is 5.02 Å². The summed E-state index contributed by atoms with van der Waals surface area (Å²) in [7, 11) is -1.84. The van der Waals surface area contributed by atoms with E-state index >= 15 is 0 Å². The third-order valence-electron chi connectivity index (χ3n) is 2.03. The SMILES string of the molecule is COc1ccc(NS(=O)(=O)C(C)C)cc1Cl. The fourth-order valence-electron chi connectivity index (χ4n) is 1.01. The summed E-state index contributed by atoms with van der Waals surface area (Å²) in [6.45, 7) is 3.21. The Labute approximate surface area is 101 Å². The summed E-state index contributed by atoms with van der Waals surface area (Å²) < 4.78 is 30.6. The molecule has 1 rings (SSSR count). The van der Waals surface area contributed by atoms with Gasteiger partial charge in [0.1, 0.15) is 5.75 Å². The lowest BCUT2D eigenvalue weighted by atomic mass is 10.3. The molecular weight excluding hydrogens is 250 g/mol. The Hall–Kier alpha value is -0.940. The molecule has 0 aromatic heterocycles. The summed E-state index contributed by atoms with van der Waals surface area (Å²) in [6.07, 6.45) is 0. The van der Waals surface area contributed by atoms with Crippen LogP contribution < -0.4 is 9.46 Å². The lowest BCUT2D eigenvalue weighted by molar-refractivity contribution is 0.415. The molecule has 0 unspecified atom stereocenters. The van der Waals surface area contributed by atoms with Gasteiger partial charge in [-0.3, -0.25) is 4.72 Å². The van der Waals surface area contributed by atoms with Gasteiger partial charge in [-0.25, -0.2) is 8.42 Å². The Kier molecular flexibility index (Phi) is 4.04. The van der Waals surface area contributed by atoms with Gasteiger partial charge >= 0.3 is 0 Å². The van der Waals surface area contributed by atoms with Gasteiger partial charge in [0.15, 0.2) is 0 Å². The summed E-state index contributed by atoms with van der Waals surface area (Å²) in [5.41, 5.74) is 0.430. The maximum Gasteiger partial charge on any atom is 0.235 e. The van der Waals surface area contributed by atoms with Gasteiger partial charge in [-0.2, -0.15) is 0 Å². The normalized spacial score (nSPS) is 11.6. The summed E-state index contributed by atoms with van der Waals surface area (Å²) in [5, 5.41) is -0.125. The van der Waals surface area contributed by atoms with Crippen molar-refractivity contribution < 1.29 is 13.2 Å². The molecule has 0 heterocycles. The van der Waals surface area contributed by atoms with Crippen LogP contribution in [0.25, 0.3) is 0 Å². The lowest BCUT2D eigenvalue weighted by Gasteiger charge is -2.11. The van der Waals surface area contributed by atoms with Gasteiger partial charge in [0.05, 0.1) is 23.1 Å². The van der Waals surface area contributed by atoms with Crippen LogP contribution in [0.1, 0.15) is 13.8 Å². The van der Waals surface area contributed by atoms with Gasteiger partial charge in [-0.15, -0.1) is 0 Å². The van der Waals surface area contributed by atoms with Crippen LogP contribution in [-0.2, 0) is 10.0 Å². The predicted molar refractivity (Wildman–Crippen MR) is 65.7 cm³/mol. The summed E-state index contributed by atoms with van der Waals surface area (Å²) in [6, 6.07) is 4.73. The zero-order valence-corrected chi connectivity index (χ0v) is 10.9. The summed E-state index contributed by atoms with van der Waals surface area (Å²) in [5.74, 6) is 0.508. The first-order chi connectivity index (χ1) is 7.36. The topological polar surface area (TPSA) is 55.4 Å². The second-order valence-electron chi connectivity index (χ2n) is 3.55. The van der Waals surface area contributed by atoms with Gasteiger partial charge < -0.3 is 4.74 Å². The van der Waals surface area contributed by atoms with Crippen molar-refractivity contribution in [1.29, 1.82) is 0 Å². The molecule has 16 heavy (non-hydrogen) atoms. The number of anilines is 1. The predicted octanol–water partition coefficient (Wildman–Crippen LogP) is 2.50. The average Bonchev–Trinajstić information content (AvgIpc) is 2.17. The molecule has 90 valence electrons. The van der Waals surface area contributed by atoms with Gasteiger partial charge in [0.2, 0.25) is 10.0 Å². The number of methoxy groups -OCH3 is 1. The van der Waals surface area contributed by atoms with E-state index in [2.05, 4.69) is 4.72 Å². The molecule has 1 aromatic rings. The third kappa shape index (κ3) is 3.02. The number of sulfonamides is 1. The van der Waals surface area contributed by atoms with Gasteiger partial charge in [-0.05, 0) is 32.0 Å². The zero-order valence-electron chi connectivity index (χ0n) is 9.32. The number of benzene rings is 1. The standard InChI is InChI=1S/C10H14ClNO3S/c1-7(2)16(13,14)12-8-4-5-10(15-3)9(11)6-8/h4-7,12H,1-3H3. The van der Waals surface area contributed by atoms with Crippen LogP contribution in [0.3, 0.4) is 0 Å². The Bertz CT molecular complexity index is 471. The lowest BCUT2D eigenvalue weighted by Crippen LogP contribution is -2.22. The maximum absolute atomic E-state index is 11.6. The molecule has 0 radical (unpaired) electrons. The third-order valence-corrected chi connectivity index (χ3v) is 4.09. The molecular formula is C10H14ClNO3S. The minimum Gasteiger partial charge on any atom is -0.495 e. The number of nitrogens with one attached hydrogen (secondary N) is 1. The van der Waals surface area contributed by atoms with E-state index in [9.17, 15) is 8.42 Å². The second-order valence-corrected chi connectivity index (χ2v) is 6.19. The monoisotopic (exact) mass is 263 g/mol. The largest absolute Gasteiger partial charge is 0.495 e. The van der Waals surface area contributed by atoms with Gasteiger partial charge in [0.25, 0.3) is 0 Å². The van der Waals surface area contributed by atoms with Crippen molar-refractivity contribution in [1.82, 2.24) is 0 Å². The second kappa shape index (κ2) is 4.93. The van der Waals surface area contributed by atoms with Crippen LogP contribution >= 0.6 is 11.6 Å². The first-order valence-corrected chi connectivity index (χ1v) is 6.64. The smallest absolute Gasteiger partial charge is 0.235 e. The molecule has 4 nitrogen and oxygen atoms in total. The first kappa shape index (κ1) is 13.1. The molecule has 0 aliphatic rings. The van der Waals surface area contributed by atoms with E-state index in [4.69, 9.17) is 16.3 Å². The Morgan fingerprint density at radius 3 is 2.44 bits per heavy atom. The van der Waals surface area contributed by atoms with Gasteiger partial charge in [0, 0.05) is 0 Å². The molecule has 0 bridgehead atoms. The van der Waals surface area contributed by atoms with E-state index in [1.54, 1.807) is 26.0 Å². The number of halogens is 1. The van der Waals surface area contributed by atoms with Crippen molar-refractivity contribution >= 4 is 27.3 Å². The number of rotatable bonds is 4. The first-order valence-electron chi connectivity index (χ1n) is 4.72. The van der Waals surface area contributed by atoms with Gasteiger partial charge in [-0.1, -0.05) is 11.6 Å². The van der Waals surface area contributed by atoms with Crippen molar-refractivity contribution in [3.05, 3.63) is 23.2 Å². The maximum atomic E-state index is 11.6. The highest BCUT2D eigenvalue weighted by Gasteiger charge is 2.15. The van der Waals surface area contributed by atoms with Crippen molar-refractivity contribution in [2.24, 2.45) is 0 Å². The minimum absolute atomic E-state index is 0.367. The van der Waals surface area contributed by atoms with E-state index in [-0.39, 0.29) is 0 Å². The van der Waals surface area contributed by atoms with Crippen molar-refractivity contribution in [3.8, 4) is 5.75 Å². The molecule has 0 fully saturated rings. The fraction of sp³-hybridized carbons (Fsp3) is 0.400. The summed E-state index contributed by atoms with van der Waals surface area (Å²) >= 11 is 5.88. The minimum atomic E-state index is -3.34. The molecule has 0 atom stereocenters. The molecule has 6 heteroatoms. The molecule has 0 saturated heterocycles. The summed E-state index contributed by atoms with van der Waals surface area (Å²) in [4.78, 5) is 0. The zero-order chi connectivity index (χ0) is 12.3. The van der Waals surface area contributed by atoms with Crippen LogP contribution in [0, 0.1) is 0 Å². The molecule has 1 aromatic carbocycles. The molecule has 0 spiro atoms. The van der Waals surface area contributed by atoms with Crippen LogP contribution in [0.4, 0.5) is 5.69 Å². The molecule has 1 N–H and O–H groups in total. The Morgan fingerprint density at radius 2 is 2.00 bits per heavy atom. The Morgan fingerprint density at radius 1 is 1.38 bits per heavy atom. The van der Waals surface area contributed by atoms with E-state index in [0.717, 1.165) is 0 Å². The molecule has 0 amide bonds. The number of hydrogen-bond acceptors (Lipinski definition) is 3. The van der Waals surface area contributed by atoms with E-state index in [1.165, 1.54) is 13.2 Å². The highest BCUT2D eigenvalue weighted by Crippen LogP contribution is 2.27. The molecule has 0 saturated carbocycles. The number of hydrogen-bond donors (Lipinski definition) is 1.